The number of ether oxygens (including phenoxy) is 1. The lowest BCUT2D eigenvalue weighted by Crippen LogP contribution is -2.08. The lowest BCUT2D eigenvalue weighted by Gasteiger charge is -2.14. The Labute approximate surface area is 158 Å². The molecule has 0 amide bonds. The van der Waals surface area contributed by atoms with Gasteiger partial charge in [-0.1, -0.05) is 35.9 Å². The van der Waals surface area contributed by atoms with E-state index in [1.807, 2.05) is 53.2 Å². The number of hydrogen-bond donors (Lipinski definition) is 1. The highest BCUT2D eigenvalue weighted by atomic mass is 35.5. The van der Waals surface area contributed by atoms with E-state index in [0.717, 1.165) is 47.7 Å². The van der Waals surface area contributed by atoms with Gasteiger partial charge in [0.05, 0.1) is 18.5 Å². The monoisotopic (exact) mass is 368 g/mol. The fourth-order valence-corrected chi connectivity index (χ4v) is 3.90. The van der Waals surface area contributed by atoms with Gasteiger partial charge in [0.1, 0.15) is 11.4 Å². The van der Waals surface area contributed by atoms with Crippen molar-refractivity contribution in [1.82, 2.24) is 9.78 Å². The maximum Gasteiger partial charge on any atom is 0.144 e. The molecule has 0 aliphatic heterocycles. The average Bonchev–Trinajstić information content (AvgIpc) is 3.20. The van der Waals surface area contributed by atoms with Crippen LogP contribution >= 0.6 is 11.6 Å². The molecule has 1 atom stereocenters. The van der Waals surface area contributed by atoms with Gasteiger partial charge in [0.15, 0.2) is 0 Å². The summed E-state index contributed by atoms with van der Waals surface area (Å²) < 4.78 is 7.54. The molecule has 1 aliphatic carbocycles. The number of rotatable bonds is 5. The van der Waals surface area contributed by atoms with Crippen molar-refractivity contribution in [2.24, 2.45) is 5.92 Å². The van der Waals surface area contributed by atoms with Crippen LogP contribution < -0.4 is 4.74 Å². The number of para-hydroxylation sites is 2. The molecule has 0 spiro atoms. The molecule has 0 saturated carbocycles. The minimum atomic E-state index is 0.220. The number of fused-ring (bicyclic) bond motifs is 1. The molecule has 4 rings (SSSR count). The van der Waals surface area contributed by atoms with Gasteiger partial charge in [0, 0.05) is 22.8 Å². The van der Waals surface area contributed by atoms with Gasteiger partial charge in [0.2, 0.25) is 0 Å². The average molecular weight is 369 g/mol. The van der Waals surface area contributed by atoms with Gasteiger partial charge in [-0.2, -0.15) is 5.10 Å². The Balaban J connectivity index is 1.88. The van der Waals surface area contributed by atoms with Crippen LogP contribution in [0.1, 0.15) is 17.7 Å². The van der Waals surface area contributed by atoms with Gasteiger partial charge in [-0.05, 0) is 49.4 Å². The molecule has 1 aliphatic rings. The smallest absolute Gasteiger partial charge is 0.144 e. The SMILES string of the molecule is COc1ccccc1-n1nc2c(c1-c1ccc(Cl)cc1)CC(CCO)C2. The molecule has 3 aromatic rings. The second-order valence-electron chi connectivity index (χ2n) is 6.65. The summed E-state index contributed by atoms with van der Waals surface area (Å²) in [5.74, 6) is 1.24. The fourth-order valence-electron chi connectivity index (χ4n) is 3.78. The number of aliphatic hydroxyl groups is 1. The molecule has 2 aromatic carbocycles. The van der Waals surface area contributed by atoms with E-state index in [0.29, 0.717) is 10.9 Å². The number of nitrogens with zero attached hydrogens (tertiary/aromatic N) is 2. The molecule has 0 saturated heterocycles. The first kappa shape index (κ1) is 17.1. The van der Waals surface area contributed by atoms with Crippen LogP contribution in [0.4, 0.5) is 0 Å². The molecule has 0 bridgehead atoms. The molecule has 1 heterocycles. The van der Waals surface area contributed by atoms with Crippen molar-refractivity contribution < 1.29 is 9.84 Å². The summed E-state index contributed by atoms with van der Waals surface area (Å²) in [6.45, 7) is 0.220. The molecule has 134 valence electrons. The Bertz CT molecular complexity index is 918. The van der Waals surface area contributed by atoms with E-state index >= 15 is 0 Å². The van der Waals surface area contributed by atoms with Crippen LogP contribution in [0.25, 0.3) is 16.9 Å². The molecule has 1 aromatic heterocycles. The lowest BCUT2D eigenvalue weighted by atomic mass is 10.0. The van der Waals surface area contributed by atoms with E-state index in [-0.39, 0.29) is 6.61 Å². The minimum Gasteiger partial charge on any atom is -0.494 e. The molecule has 0 radical (unpaired) electrons. The normalized spacial score (nSPS) is 15.9. The van der Waals surface area contributed by atoms with Gasteiger partial charge in [-0.15, -0.1) is 0 Å². The maximum atomic E-state index is 9.30. The van der Waals surface area contributed by atoms with Crippen LogP contribution in [0.2, 0.25) is 5.02 Å². The lowest BCUT2D eigenvalue weighted by molar-refractivity contribution is 0.259. The van der Waals surface area contributed by atoms with E-state index in [2.05, 4.69) is 0 Å². The van der Waals surface area contributed by atoms with Crippen LogP contribution in [-0.2, 0) is 12.8 Å². The molecule has 1 unspecified atom stereocenters. The highest BCUT2D eigenvalue weighted by molar-refractivity contribution is 6.30. The second-order valence-corrected chi connectivity index (χ2v) is 7.09. The highest BCUT2D eigenvalue weighted by Gasteiger charge is 2.30. The van der Waals surface area contributed by atoms with Crippen molar-refractivity contribution in [2.45, 2.75) is 19.3 Å². The first-order valence-electron chi connectivity index (χ1n) is 8.82. The zero-order valence-corrected chi connectivity index (χ0v) is 15.4. The summed E-state index contributed by atoms with van der Waals surface area (Å²) in [6.07, 6.45) is 2.65. The van der Waals surface area contributed by atoms with Crippen LogP contribution in [0, 0.1) is 5.92 Å². The van der Waals surface area contributed by atoms with E-state index in [9.17, 15) is 5.11 Å². The predicted octanol–water partition coefficient (Wildman–Crippen LogP) is 4.30. The highest BCUT2D eigenvalue weighted by Crippen LogP contribution is 2.39. The van der Waals surface area contributed by atoms with Crippen molar-refractivity contribution in [3.63, 3.8) is 0 Å². The summed E-state index contributed by atoms with van der Waals surface area (Å²) in [5, 5.41) is 14.9. The summed E-state index contributed by atoms with van der Waals surface area (Å²) >= 11 is 6.09. The Hall–Kier alpha value is -2.30. The molecular weight excluding hydrogens is 348 g/mol. The van der Waals surface area contributed by atoms with Crippen LogP contribution in [0.3, 0.4) is 0 Å². The van der Waals surface area contributed by atoms with E-state index in [1.165, 1.54) is 5.56 Å². The Kier molecular flexibility index (Phi) is 4.70. The van der Waals surface area contributed by atoms with E-state index in [1.54, 1.807) is 7.11 Å². The first-order valence-corrected chi connectivity index (χ1v) is 9.20. The third kappa shape index (κ3) is 3.00. The zero-order chi connectivity index (χ0) is 18.1. The van der Waals surface area contributed by atoms with Gasteiger partial charge in [-0.25, -0.2) is 4.68 Å². The Morgan fingerprint density at radius 3 is 2.65 bits per heavy atom. The molecule has 0 fully saturated rings. The van der Waals surface area contributed by atoms with Crippen LogP contribution in [0.5, 0.6) is 5.75 Å². The quantitative estimate of drug-likeness (QED) is 0.730. The molecule has 26 heavy (non-hydrogen) atoms. The largest absolute Gasteiger partial charge is 0.494 e. The summed E-state index contributed by atoms with van der Waals surface area (Å²) in [7, 11) is 1.68. The third-order valence-corrected chi connectivity index (χ3v) is 5.26. The Morgan fingerprint density at radius 2 is 1.92 bits per heavy atom. The molecular formula is C21H21ClN2O2. The Morgan fingerprint density at radius 1 is 1.15 bits per heavy atom. The number of aliphatic hydroxyl groups excluding tert-OH is 1. The van der Waals surface area contributed by atoms with Crippen LogP contribution in [0.15, 0.2) is 48.5 Å². The number of aromatic nitrogens is 2. The molecule has 1 N–H and O–H groups in total. The zero-order valence-electron chi connectivity index (χ0n) is 14.7. The predicted molar refractivity (Wildman–Crippen MR) is 103 cm³/mol. The summed E-state index contributed by atoms with van der Waals surface area (Å²) in [6, 6.07) is 15.8. The summed E-state index contributed by atoms with van der Waals surface area (Å²) in [4.78, 5) is 0. The molecule has 5 heteroatoms. The first-order chi connectivity index (χ1) is 12.7. The van der Waals surface area contributed by atoms with Crippen LogP contribution in [-0.4, -0.2) is 28.6 Å². The molecule has 4 nitrogen and oxygen atoms in total. The van der Waals surface area contributed by atoms with Crippen molar-refractivity contribution >= 4 is 11.6 Å². The van der Waals surface area contributed by atoms with Crippen molar-refractivity contribution in [3.8, 4) is 22.7 Å². The minimum absolute atomic E-state index is 0.220. The van der Waals surface area contributed by atoms with E-state index in [4.69, 9.17) is 21.4 Å². The number of halogens is 1. The number of hydrogen-bond acceptors (Lipinski definition) is 3. The van der Waals surface area contributed by atoms with Crippen molar-refractivity contribution in [2.75, 3.05) is 13.7 Å². The fraction of sp³-hybridized carbons (Fsp3) is 0.286. The second kappa shape index (κ2) is 7.14. The van der Waals surface area contributed by atoms with Gasteiger partial charge in [-0.3, -0.25) is 0 Å². The topological polar surface area (TPSA) is 47.3 Å². The summed E-state index contributed by atoms with van der Waals surface area (Å²) in [5.41, 5.74) is 5.46. The maximum absolute atomic E-state index is 9.30. The van der Waals surface area contributed by atoms with Gasteiger partial charge >= 0.3 is 0 Å². The van der Waals surface area contributed by atoms with Crippen molar-refractivity contribution in [1.29, 1.82) is 0 Å². The van der Waals surface area contributed by atoms with Gasteiger partial charge < -0.3 is 9.84 Å². The van der Waals surface area contributed by atoms with Gasteiger partial charge in [0.25, 0.3) is 0 Å². The number of methoxy groups -OCH3 is 1. The standard InChI is InChI=1S/C21H21ClN2O2/c1-26-20-5-3-2-4-19(20)24-21(15-6-8-16(22)9-7-15)17-12-14(10-11-25)13-18(17)23-24/h2-9,14,25H,10-13H2,1H3. The number of benzene rings is 2. The third-order valence-electron chi connectivity index (χ3n) is 5.01. The van der Waals surface area contributed by atoms with Crippen molar-refractivity contribution in [3.05, 3.63) is 64.8 Å². The van der Waals surface area contributed by atoms with E-state index < -0.39 is 0 Å².